The van der Waals surface area contributed by atoms with Gasteiger partial charge in [0.25, 0.3) is 0 Å². The molecule has 1 fully saturated rings. The van der Waals surface area contributed by atoms with Crippen molar-refractivity contribution in [3.05, 3.63) is 29.6 Å². The van der Waals surface area contributed by atoms with Crippen molar-refractivity contribution in [2.45, 2.75) is 36.1 Å². The Labute approximate surface area is 101 Å². The molecule has 5 heteroatoms. The van der Waals surface area contributed by atoms with Crippen LogP contribution < -0.4 is 5.73 Å². The summed E-state index contributed by atoms with van der Waals surface area (Å²) in [5, 5.41) is 0. The molecule has 0 radical (unpaired) electrons. The molecule has 1 aromatic carbocycles. The summed E-state index contributed by atoms with van der Waals surface area (Å²) in [5.74, 6) is -0.509. The van der Waals surface area contributed by atoms with Gasteiger partial charge in [-0.2, -0.15) is 0 Å². The zero-order chi connectivity index (χ0) is 12.7. The fourth-order valence-corrected chi connectivity index (χ4v) is 2.48. The largest absolute Gasteiger partial charge is 0.325 e. The second-order valence-corrected chi connectivity index (χ2v) is 6.95. The standard InChI is InChI=1S/C12H16FNO2S/c1-17(15,16)11-7-9(6-10(13)8-11)2-3-12(14)4-5-12/h6-8H,2-5,14H2,1H3. The van der Waals surface area contributed by atoms with E-state index in [0.717, 1.165) is 31.6 Å². The summed E-state index contributed by atoms with van der Waals surface area (Å²) >= 11 is 0. The van der Waals surface area contributed by atoms with E-state index in [2.05, 4.69) is 0 Å². The summed E-state index contributed by atoms with van der Waals surface area (Å²) in [6.07, 6.45) is 4.48. The first-order chi connectivity index (χ1) is 7.78. The molecule has 0 spiro atoms. The molecule has 0 heterocycles. The third-order valence-electron chi connectivity index (χ3n) is 3.16. The number of nitrogens with two attached hydrogens (primary N) is 1. The quantitative estimate of drug-likeness (QED) is 0.892. The second kappa shape index (κ2) is 4.07. The van der Waals surface area contributed by atoms with E-state index < -0.39 is 15.7 Å². The summed E-state index contributed by atoms with van der Waals surface area (Å²) in [7, 11) is -3.36. The maximum atomic E-state index is 13.3. The molecule has 2 rings (SSSR count). The molecule has 0 atom stereocenters. The molecule has 0 aliphatic heterocycles. The zero-order valence-electron chi connectivity index (χ0n) is 9.74. The van der Waals surface area contributed by atoms with Crippen LogP contribution in [0.4, 0.5) is 4.39 Å². The minimum Gasteiger partial charge on any atom is -0.325 e. The van der Waals surface area contributed by atoms with Crippen molar-refractivity contribution in [1.82, 2.24) is 0 Å². The average molecular weight is 257 g/mol. The Balaban J connectivity index is 2.19. The van der Waals surface area contributed by atoms with Crippen molar-refractivity contribution in [2.24, 2.45) is 5.73 Å². The summed E-state index contributed by atoms with van der Waals surface area (Å²) in [6.45, 7) is 0. The van der Waals surface area contributed by atoms with Crippen LogP contribution >= 0.6 is 0 Å². The van der Waals surface area contributed by atoms with E-state index in [9.17, 15) is 12.8 Å². The van der Waals surface area contributed by atoms with Crippen molar-refractivity contribution < 1.29 is 12.8 Å². The highest BCUT2D eigenvalue weighted by Gasteiger charge is 2.37. The topological polar surface area (TPSA) is 60.2 Å². The van der Waals surface area contributed by atoms with Gasteiger partial charge in [0.15, 0.2) is 9.84 Å². The number of sulfone groups is 1. The van der Waals surface area contributed by atoms with E-state index in [0.29, 0.717) is 12.0 Å². The van der Waals surface area contributed by atoms with Gasteiger partial charge in [-0.15, -0.1) is 0 Å². The van der Waals surface area contributed by atoms with E-state index in [-0.39, 0.29) is 10.4 Å². The Morgan fingerprint density at radius 2 is 2.00 bits per heavy atom. The van der Waals surface area contributed by atoms with Gasteiger partial charge in [0.1, 0.15) is 5.82 Å². The predicted octanol–water partition coefficient (Wildman–Crippen LogP) is 1.65. The van der Waals surface area contributed by atoms with Crippen LogP contribution in [0.5, 0.6) is 0 Å². The highest BCUT2D eigenvalue weighted by Crippen LogP contribution is 2.36. The van der Waals surface area contributed by atoms with Crippen molar-refractivity contribution in [2.75, 3.05) is 6.26 Å². The molecule has 1 aromatic rings. The van der Waals surface area contributed by atoms with Crippen molar-refractivity contribution in [3.63, 3.8) is 0 Å². The highest BCUT2D eigenvalue weighted by molar-refractivity contribution is 7.90. The van der Waals surface area contributed by atoms with Gasteiger partial charge in [0, 0.05) is 11.8 Å². The lowest BCUT2D eigenvalue weighted by Crippen LogP contribution is -2.22. The van der Waals surface area contributed by atoms with Crippen LogP contribution in [0.3, 0.4) is 0 Å². The van der Waals surface area contributed by atoms with Gasteiger partial charge >= 0.3 is 0 Å². The number of hydrogen-bond donors (Lipinski definition) is 1. The molecule has 0 amide bonds. The number of halogens is 1. The third kappa shape index (κ3) is 3.26. The van der Waals surface area contributed by atoms with Crippen LogP contribution in [-0.2, 0) is 16.3 Å². The fourth-order valence-electron chi connectivity index (χ4n) is 1.78. The van der Waals surface area contributed by atoms with E-state index in [4.69, 9.17) is 5.73 Å². The van der Waals surface area contributed by atoms with Gasteiger partial charge in [0.2, 0.25) is 0 Å². The smallest absolute Gasteiger partial charge is 0.175 e. The molecule has 1 saturated carbocycles. The van der Waals surface area contributed by atoms with Gasteiger partial charge < -0.3 is 5.73 Å². The Bertz CT molecular complexity index is 535. The molecule has 1 aliphatic rings. The van der Waals surface area contributed by atoms with Crippen LogP contribution in [0.15, 0.2) is 23.1 Å². The maximum Gasteiger partial charge on any atom is 0.175 e. The second-order valence-electron chi connectivity index (χ2n) is 4.93. The summed E-state index contributed by atoms with van der Waals surface area (Å²) in [5.41, 5.74) is 6.54. The van der Waals surface area contributed by atoms with Gasteiger partial charge in [-0.3, -0.25) is 0 Å². The molecule has 1 aliphatic carbocycles. The van der Waals surface area contributed by atoms with E-state index in [1.165, 1.54) is 12.1 Å². The number of hydrogen-bond acceptors (Lipinski definition) is 3. The minimum absolute atomic E-state index is 0.0365. The molecule has 0 aromatic heterocycles. The Morgan fingerprint density at radius 1 is 1.35 bits per heavy atom. The first kappa shape index (κ1) is 12.5. The molecule has 2 N–H and O–H groups in total. The maximum absolute atomic E-state index is 13.3. The van der Waals surface area contributed by atoms with Gasteiger partial charge in [0.05, 0.1) is 4.90 Å². The molecular weight excluding hydrogens is 241 g/mol. The Hall–Kier alpha value is -0.940. The van der Waals surface area contributed by atoms with Crippen molar-refractivity contribution >= 4 is 9.84 Å². The van der Waals surface area contributed by atoms with Gasteiger partial charge in [-0.1, -0.05) is 0 Å². The molecule has 0 bridgehead atoms. The highest BCUT2D eigenvalue weighted by atomic mass is 32.2. The van der Waals surface area contributed by atoms with E-state index >= 15 is 0 Å². The molecule has 3 nitrogen and oxygen atoms in total. The normalized spacial score (nSPS) is 18.1. The monoisotopic (exact) mass is 257 g/mol. The van der Waals surface area contributed by atoms with E-state index in [1.54, 1.807) is 0 Å². The lowest BCUT2D eigenvalue weighted by Gasteiger charge is -2.09. The number of aryl methyl sites for hydroxylation is 1. The minimum atomic E-state index is -3.36. The van der Waals surface area contributed by atoms with Crippen molar-refractivity contribution in [3.8, 4) is 0 Å². The molecule has 17 heavy (non-hydrogen) atoms. The fraction of sp³-hybridized carbons (Fsp3) is 0.500. The first-order valence-electron chi connectivity index (χ1n) is 5.57. The Kier molecular flexibility index (Phi) is 2.99. The van der Waals surface area contributed by atoms with Crippen LogP contribution in [0.25, 0.3) is 0 Å². The predicted molar refractivity (Wildman–Crippen MR) is 64.0 cm³/mol. The Morgan fingerprint density at radius 3 is 2.53 bits per heavy atom. The summed E-state index contributed by atoms with van der Waals surface area (Å²) in [4.78, 5) is 0.0365. The van der Waals surface area contributed by atoms with Crippen LogP contribution in [0.2, 0.25) is 0 Å². The lowest BCUT2D eigenvalue weighted by molar-refractivity contribution is 0.588. The lowest BCUT2D eigenvalue weighted by atomic mass is 10.0. The number of rotatable bonds is 4. The zero-order valence-corrected chi connectivity index (χ0v) is 10.6. The average Bonchev–Trinajstić information content (AvgIpc) is 2.92. The first-order valence-corrected chi connectivity index (χ1v) is 7.46. The van der Waals surface area contributed by atoms with Gasteiger partial charge in [-0.25, -0.2) is 12.8 Å². The molecule has 0 saturated heterocycles. The summed E-state index contributed by atoms with van der Waals surface area (Å²) in [6, 6.07) is 3.96. The molecule has 0 unspecified atom stereocenters. The third-order valence-corrected chi connectivity index (χ3v) is 4.26. The molecule has 94 valence electrons. The summed E-state index contributed by atoms with van der Waals surface area (Å²) < 4.78 is 36.0. The number of benzene rings is 1. The molecular formula is C12H16FNO2S. The van der Waals surface area contributed by atoms with Crippen LogP contribution in [0, 0.1) is 5.82 Å². The van der Waals surface area contributed by atoms with Crippen molar-refractivity contribution in [1.29, 1.82) is 0 Å². The van der Waals surface area contributed by atoms with Crippen LogP contribution in [-0.4, -0.2) is 20.2 Å². The van der Waals surface area contributed by atoms with E-state index in [1.807, 2.05) is 0 Å². The van der Waals surface area contributed by atoms with Crippen LogP contribution in [0.1, 0.15) is 24.8 Å². The SMILES string of the molecule is CS(=O)(=O)c1cc(F)cc(CCC2(N)CC2)c1. The van der Waals surface area contributed by atoms with Gasteiger partial charge in [-0.05, 0) is 49.4 Å².